The Labute approximate surface area is 199 Å². The van der Waals surface area contributed by atoms with Crippen molar-refractivity contribution >= 4 is 17.5 Å². The standard InChI is InChI=1S/C28H28N4O2/c1-3-31(4-2)28(34)23-15-17-24(18-16-23)29-27(33)25-20-32(19-21-11-7-5-8-12-21)30-26(25)22-13-9-6-10-14-22/h5-18,20H,3-4,19H2,1-2H3,(H,29,33). The minimum Gasteiger partial charge on any atom is -0.339 e. The number of carbonyl (C=O) groups excluding carboxylic acids is 2. The molecule has 4 aromatic rings. The zero-order valence-electron chi connectivity index (χ0n) is 19.4. The Kier molecular flexibility index (Phi) is 7.18. The predicted octanol–water partition coefficient (Wildman–Crippen LogP) is 5.33. The van der Waals surface area contributed by atoms with Crippen LogP contribution in [0.4, 0.5) is 5.69 Å². The number of amides is 2. The number of hydrogen-bond donors (Lipinski definition) is 1. The number of benzene rings is 3. The molecule has 0 saturated heterocycles. The zero-order valence-corrected chi connectivity index (χ0v) is 19.4. The van der Waals surface area contributed by atoms with Gasteiger partial charge in [-0.2, -0.15) is 5.10 Å². The average Bonchev–Trinajstić information content (AvgIpc) is 3.30. The predicted molar refractivity (Wildman–Crippen MR) is 135 cm³/mol. The average molecular weight is 453 g/mol. The van der Waals surface area contributed by atoms with E-state index in [1.165, 1.54) is 0 Å². The van der Waals surface area contributed by atoms with Gasteiger partial charge in [0, 0.05) is 36.1 Å². The largest absolute Gasteiger partial charge is 0.339 e. The van der Waals surface area contributed by atoms with Crippen LogP contribution >= 0.6 is 0 Å². The van der Waals surface area contributed by atoms with E-state index in [2.05, 4.69) is 5.32 Å². The van der Waals surface area contributed by atoms with Crippen LogP contribution in [0.15, 0.2) is 91.1 Å². The molecule has 172 valence electrons. The van der Waals surface area contributed by atoms with Gasteiger partial charge in [0.2, 0.25) is 0 Å². The third-order valence-corrected chi connectivity index (χ3v) is 5.68. The Hall–Kier alpha value is -4.19. The van der Waals surface area contributed by atoms with Crippen molar-refractivity contribution in [3.8, 4) is 11.3 Å². The molecule has 3 aromatic carbocycles. The number of nitrogens with zero attached hydrogens (tertiary/aromatic N) is 3. The molecule has 0 radical (unpaired) electrons. The minimum atomic E-state index is -0.249. The van der Waals surface area contributed by atoms with Gasteiger partial charge in [0.15, 0.2) is 0 Å². The molecular formula is C28H28N4O2. The Morgan fingerprint density at radius 3 is 2.09 bits per heavy atom. The lowest BCUT2D eigenvalue weighted by Gasteiger charge is -2.18. The molecule has 4 rings (SSSR count). The van der Waals surface area contributed by atoms with Crippen LogP contribution in [0.2, 0.25) is 0 Å². The van der Waals surface area contributed by atoms with E-state index in [1.54, 1.807) is 40.0 Å². The Balaban J connectivity index is 1.58. The molecule has 0 saturated carbocycles. The summed E-state index contributed by atoms with van der Waals surface area (Å²) in [5.74, 6) is -0.266. The fraction of sp³-hybridized carbons (Fsp3) is 0.179. The highest BCUT2D eigenvalue weighted by Crippen LogP contribution is 2.24. The summed E-state index contributed by atoms with van der Waals surface area (Å²) in [6.07, 6.45) is 1.78. The van der Waals surface area contributed by atoms with E-state index in [1.807, 2.05) is 74.5 Å². The summed E-state index contributed by atoms with van der Waals surface area (Å²) < 4.78 is 1.79. The highest BCUT2D eigenvalue weighted by molar-refractivity contribution is 6.08. The van der Waals surface area contributed by atoms with E-state index < -0.39 is 0 Å². The van der Waals surface area contributed by atoms with Crippen molar-refractivity contribution in [3.05, 3.63) is 108 Å². The van der Waals surface area contributed by atoms with Crippen LogP contribution in [0.3, 0.4) is 0 Å². The summed E-state index contributed by atoms with van der Waals surface area (Å²) in [5, 5.41) is 7.67. The van der Waals surface area contributed by atoms with Crippen LogP contribution in [-0.4, -0.2) is 39.6 Å². The first kappa shape index (κ1) is 23.0. The van der Waals surface area contributed by atoms with Crippen molar-refractivity contribution in [2.75, 3.05) is 18.4 Å². The molecule has 6 heteroatoms. The summed E-state index contributed by atoms with van der Waals surface area (Å²) in [6.45, 7) is 5.79. The van der Waals surface area contributed by atoms with Gasteiger partial charge in [0.25, 0.3) is 11.8 Å². The molecule has 1 heterocycles. The lowest BCUT2D eigenvalue weighted by molar-refractivity contribution is 0.0773. The molecule has 0 aliphatic carbocycles. The molecule has 0 spiro atoms. The first-order valence-electron chi connectivity index (χ1n) is 11.5. The van der Waals surface area contributed by atoms with Gasteiger partial charge in [-0.3, -0.25) is 14.3 Å². The highest BCUT2D eigenvalue weighted by Gasteiger charge is 2.19. The fourth-order valence-electron chi connectivity index (χ4n) is 3.84. The van der Waals surface area contributed by atoms with Crippen LogP contribution in [0, 0.1) is 0 Å². The Morgan fingerprint density at radius 2 is 1.47 bits per heavy atom. The second kappa shape index (κ2) is 10.6. The van der Waals surface area contributed by atoms with Crippen molar-refractivity contribution in [3.63, 3.8) is 0 Å². The summed E-state index contributed by atoms with van der Waals surface area (Å²) >= 11 is 0. The van der Waals surface area contributed by atoms with Crippen molar-refractivity contribution in [2.24, 2.45) is 0 Å². The molecular weight excluding hydrogens is 424 g/mol. The van der Waals surface area contributed by atoms with Crippen LogP contribution in [0.5, 0.6) is 0 Å². The van der Waals surface area contributed by atoms with E-state index in [-0.39, 0.29) is 11.8 Å². The first-order valence-corrected chi connectivity index (χ1v) is 11.5. The third kappa shape index (κ3) is 5.23. The van der Waals surface area contributed by atoms with E-state index >= 15 is 0 Å². The molecule has 2 amide bonds. The molecule has 0 fully saturated rings. The van der Waals surface area contributed by atoms with Crippen LogP contribution < -0.4 is 5.32 Å². The number of nitrogens with one attached hydrogen (secondary N) is 1. The first-order chi connectivity index (χ1) is 16.6. The highest BCUT2D eigenvalue weighted by atomic mass is 16.2. The zero-order chi connectivity index (χ0) is 23.9. The maximum Gasteiger partial charge on any atom is 0.259 e. The smallest absolute Gasteiger partial charge is 0.259 e. The second-order valence-electron chi connectivity index (χ2n) is 7.95. The van der Waals surface area contributed by atoms with Crippen molar-refractivity contribution in [1.82, 2.24) is 14.7 Å². The van der Waals surface area contributed by atoms with Gasteiger partial charge >= 0.3 is 0 Å². The number of aromatic nitrogens is 2. The van der Waals surface area contributed by atoms with Crippen LogP contribution in [0.25, 0.3) is 11.3 Å². The number of hydrogen-bond acceptors (Lipinski definition) is 3. The van der Waals surface area contributed by atoms with Gasteiger partial charge in [-0.15, -0.1) is 0 Å². The molecule has 34 heavy (non-hydrogen) atoms. The minimum absolute atomic E-state index is 0.0172. The monoisotopic (exact) mass is 452 g/mol. The second-order valence-corrected chi connectivity index (χ2v) is 7.95. The fourth-order valence-corrected chi connectivity index (χ4v) is 3.84. The molecule has 0 unspecified atom stereocenters. The molecule has 0 atom stereocenters. The van der Waals surface area contributed by atoms with Gasteiger partial charge in [0.05, 0.1) is 12.1 Å². The maximum atomic E-state index is 13.3. The molecule has 1 N–H and O–H groups in total. The quantitative estimate of drug-likeness (QED) is 0.393. The maximum absolute atomic E-state index is 13.3. The molecule has 1 aromatic heterocycles. The topological polar surface area (TPSA) is 67.2 Å². The Morgan fingerprint density at radius 1 is 0.853 bits per heavy atom. The SMILES string of the molecule is CCN(CC)C(=O)c1ccc(NC(=O)c2cn(Cc3ccccc3)nc2-c2ccccc2)cc1. The summed E-state index contributed by atoms with van der Waals surface area (Å²) in [6, 6.07) is 26.7. The number of carbonyl (C=O) groups is 2. The summed E-state index contributed by atoms with van der Waals surface area (Å²) in [4.78, 5) is 27.6. The van der Waals surface area contributed by atoms with Crippen LogP contribution in [-0.2, 0) is 6.54 Å². The van der Waals surface area contributed by atoms with Gasteiger partial charge < -0.3 is 10.2 Å². The van der Waals surface area contributed by atoms with Crippen molar-refractivity contribution in [2.45, 2.75) is 20.4 Å². The molecule has 6 nitrogen and oxygen atoms in total. The lowest BCUT2D eigenvalue weighted by atomic mass is 10.1. The van der Waals surface area contributed by atoms with E-state index in [4.69, 9.17) is 5.10 Å². The number of rotatable bonds is 8. The van der Waals surface area contributed by atoms with Crippen LogP contribution in [0.1, 0.15) is 40.1 Å². The van der Waals surface area contributed by atoms with Gasteiger partial charge in [-0.25, -0.2) is 0 Å². The lowest BCUT2D eigenvalue weighted by Crippen LogP contribution is -2.30. The number of anilines is 1. The van der Waals surface area contributed by atoms with E-state index in [0.717, 1.165) is 11.1 Å². The van der Waals surface area contributed by atoms with Gasteiger partial charge in [-0.05, 0) is 43.7 Å². The normalized spacial score (nSPS) is 10.6. The summed E-state index contributed by atoms with van der Waals surface area (Å²) in [7, 11) is 0. The van der Waals surface area contributed by atoms with E-state index in [9.17, 15) is 9.59 Å². The molecule has 0 bridgehead atoms. The van der Waals surface area contributed by atoms with Crippen molar-refractivity contribution < 1.29 is 9.59 Å². The molecule has 0 aliphatic heterocycles. The third-order valence-electron chi connectivity index (χ3n) is 5.68. The van der Waals surface area contributed by atoms with Gasteiger partial charge in [0.1, 0.15) is 5.69 Å². The van der Waals surface area contributed by atoms with Gasteiger partial charge in [-0.1, -0.05) is 60.7 Å². The summed E-state index contributed by atoms with van der Waals surface area (Å²) in [5.41, 5.74) is 4.32. The Bertz CT molecular complexity index is 1240. The van der Waals surface area contributed by atoms with E-state index in [0.29, 0.717) is 42.1 Å². The van der Waals surface area contributed by atoms with Crippen molar-refractivity contribution in [1.29, 1.82) is 0 Å². The molecule has 0 aliphatic rings.